The molecule has 1 heterocycles. The predicted molar refractivity (Wildman–Crippen MR) is 109 cm³/mol. The number of hydrogen-bond donors (Lipinski definition) is 3. The summed E-state index contributed by atoms with van der Waals surface area (Å²) in [6, 6.07) is 14.1. The topological polar surface area (TPSA) is 117 Å². The molecule has 3 rings (SSSR count). The number of hydrogen-bond acceptors (Lipinski definition) is 5. The van der Waals surface area contributed by atoms with Crippen LogP contribution in [-0.4, -0.2) is 42.2 Å². The van der Waals surface area contributed by atoms with Gasteiger partial charge in [0.2, 0.25) is 0 Å². The van der Waals surface area contributed by atoms with E-state index in [-0.39, 0.29) is 17.5 Å². The van der Waals surface area contributed by atoms with Crippen LogP contribution in [-0.2, 0) is 14.3 Å². The third-order valence-corrected chi connectivity index (χ3v) is 5.28. The van der Waals surface area contributed by atoms with Gasteiger partial charge in [0.1, 0.15) is 11.6 Å². The number of amidine groups is 1. The molecule has 2 aromatic rings. The number of carbonyl (C=O) groups excluding carboxylic acids is 1. The van der Waals surface area contributed by atoms with Crippen LogP contribution in [0.3, 0.4) is 0 Å². The molecular weight excluding hydrogens is 378 g/mol. The number of aliphatic carboxylic acids is 1. The second kappa shape index (κ2) is 8.18. The van der Waals surface area contributed by atoms with Crippen LogP contribution in [0, 0.1) is 5.41 Å². The summed E-state index contributed by atoms with van der Waals surface area (Å²) in [5.41, 5.74) is 7.94. The molecule has 144 valence electrons. The van der Waals surface area contributed by atoms with Gasteiger partial charge in [-0.3, -0.25) is 15.0 Å². The van der Waals surface area contributed by atoms with E-state index < -0.39 is 5.97 Å². The number of thioether (sulfide) groups is 1. The van der Waals surface area contributed by atoms with Crippen molar-refractivity contribution in [3.8, 4) is 0 Å². The Morgan fingerprint density at radius 2 is 1.86 bits per heavy atom. The summed E-state index contributed by atoms with van der Waals surface area (Å²) < 4.78 is 5.45. The molecule has 7 nitrogen and oxygen atoms in total. The van der Waals surface area contributed by atoms with Crippen molar-refractivity contribution < 1.29 is 19.4 Å². The average molecular weight is 397 g/mol. The molecule has 0 bridgehead atoms. The number of methoxy groups -OCH3 is 1. The summed E-state index contributed by atoms with van der Waals surface area (Å²) in [6.07, 6.45) is 0. The van der Waals surface area contributed by atoms with Crippen LogP contribution in [0.2, 0.25) is 0 Å². The van der Waals surface area contributed by atoms with Crippen molar-refractivity contribution in [1.29, 1.82) is 5.41 Å². The van der Waals surface area contributed by atoms with Crippen molar-refractivity contribution in [1.82, 2.24) is 0 Å². The fraction of sp³-hybridized carbons (Fsp3) is 0.150. The van der Waals surface area contributed by atoms with Crippen molar-refractivity contribution in [3.05, 3.63) is 65.4 Å². The molecule has 1 amide bonds. The highest BCUT2D eigenvalue weighted by atomic mass is 32.2. The highest BCUT2D eigenvalue weighted by Crippen LogP contribution is 2.33. The van der Waals surface area contributed by atoms with Crippen LogP contribution in [0.25, 0.3) is 5.57 Å². The van der Waals surface area contributed by atoms with Gasteiger partial charge in [-0.05, 0) is 42.0 Å². The van der Waals surface area contributed by atoms with E-state index >= 15 is 0 Å². The first-order chi connectivity index (χ1) is 13.4. The fourth-order valence-corrected chi connectivity index (χ4v) is 3.51. The Kier molecular flexibility index (Phi) is 5.70. The van der Waals surface area contributed by atoms with Gasteiger partial charge in [-0.15, -0.1) is 11.8 Å². The largest absolute Gasteiger partial charge is 0.498 e. The summed E-state index contributed by atoms with van der Waals surface area (Å²) in [5, 5.41) is 16.2. The van der Waals surface area contributed by atoms with Gasteiger partial charge in [0.25, 0.3) is 5.91 Å². The summed E-state index contributed by atoms with van der Waals surface area (Å²) in [7, 11) is 1.53. The predicted octanol–water partition coefficient (Wildman–Crippen LogP) is 2.55. The number of amides is 1. The first-order valence-corrected chi connectivity index (χ1v) is 9.37. The van der Waals surface area contributed by atoms with Crippen LogP contribution in [0.1, 0.15) is 11.1 Å². The number of ether oxygens (including phenoxy) is 1. The van der Waals surface area contributed by atoms with E-state index in [0.717, 1.165) is 4.90 Å². The number of carboxylic acids is 1. The lowest BCUT2D eigenvalue weighted by Gasteiger charge is -2.17. The Balaban J connectivity index is 1.83. The molecule has 28 heavy (non-hydrogen) atoms. The molecule has 0 fully saturated rings. The third-order valence-electron chi connectivity index (χ3n) is 4.28. The Bertz CT molecular complexity index is 952. The van der Waals surface area contributed by atoms with Crippen molar-refractivity contribution >= 4 is 40.7 Å². The highest BCUT2D eigenvalue weighted by molar-refractivity contribution is 8.00. The van der Waals surface area contributed by atoms with E-state index in [0.29, 0.717) is 34.7 Å². The number of benzene rings is 2. The normalized spacial score (nSPS) is 13.8. The molecule has 1 aliphatic heterocycles. The van der Waals surface area contributed by atoms with Crippen molar-refractivity contribution in [2.45, 2.75) is 4.90 Å². The number of carbonyl (C=O) groups is 2. The molecule has 0 unspecified atom stereocenters. The van der Waals surface area contributed by atoms with E-state index in [1.807, 2.05) is 0 Å². The molecule has 1 aliphatic rings. The van der Waals surface area contributed by atoms with Crippen LogP contribution in [0.5, 0.6) is 0 Å². The smallest absolute Gasteiger partial charge is 0.313 e. The Morgan fingerprint density at radius 3 is 2.39 bits per heavy atom. The van der Waals surface area contributed by atoms with Gasteiger partial charge < -0.3 is 20.5 Å². The summed E-state index contributed by atoms with van der Waals surface area (Å²) >= 11 is 1.22. The quantitative estimate of drug-likeness (QED) is 0.376. The molecular formula is C20H19N3O4S. The van der Waals surface area contributed by atoms with Crippen molar-refractivity contribution in [3.63, 3.8) is 0 Å². The summed E-state index contributed by atoms with van der Waals surface area (Å²) in [5.74, 6) is -0.550. The maximum atomic E-state index is 13.0. The van der Waals surface area contributed by atoms with Crippen molar-refractivity contribution in [2.24, 2.45) is 5.73 Å². The lowest BCUT2D eigenvalue weighted by molar-refractivity contribution is -0.133. The van der Waals surface area contributed by atoms with Crippen molar-refractivity contribution in [2.75, 3.05) is 24.3 Å². The molecule has 0 aromatic heterocycles. The highest BCUT2D eigenvalue weighted by Gasteiger charge is 2.33. The van der Waals surface area contributed by atoms with Crippen LogP contribution in [0.4, 0.5) is 5.69 Å². The molecule has 0 saturated carbocycles. The first kappa shape index (κ1) is 19.5. The average Bonchev–Trinajstić information content (AvgIpc) is 3.03. The van der Waals surface area contributed by atoms with E-state index in [9.17, 15) is 9.59 Å². The zero-order valence-electron chi connectivity index (χ0n) is 15.1. The molecule has 0 saturated heterocycles. The number of carboxylic acid groups (broad SMARTS) is 1. The number of nitrogens with zero attached hydrogens (tertiary/aromatic N) is 1. The van der Waals surface area contributed by atoms with Gasteiger partial charge >= 0.3 is 5.97 Å². The van der Waals surface area contributed by atoms with E-state index in [2.05, 4.69) is 0 Å². The van der Waals surface area contributed by atoms with E-state index in [1.54, 1.807) is 53.4 Å². The number of rotatable bonds is 7. The van der Waals surface area contributed by atoms with Gasteiger partial charge in [0.15, 0.2) is 0 Å². The van der Waals surface area contributed by atoms with E-state index in [1.165, 1.54) is 18.9 Å². The van der Waals surface area contributed by atoms with Gasteiger partial charge in [-0.25, -0.2) is 0 Å². The van der Waals surface area contributed by atoms with Gasteiger partial charge in [0, 0.05) is 16.1 Å². The monoisotopic (exact) mass is 397 g/mol. The SMILES string of the molecule is COC1=C(c2ccc(SCC(=O)O)cc2)C(=O)N(c2ccc(C(=N)N)cc2)C1. The van der Waals surface area contributed by atoms with Gasteiger partial charge in [0.05, 0.1) is 25.0 Å². The maximum Gasteiger partial charge on any atom is 0.313 e. The minimum atomic E-state index is -0.879. The summed E-state index contributed by atoms with van der Waals surface area (Å²) in [6.45, 7) is 0.305. The minimum Gasteiger partial charge on any atom is -0.498 e. The minimum absolute atomic E-state index is 0.0195. The lowest BCUT2D eigenvalue weighted by Crippen LogP contribution is -2.26. The lowest BCUT2D eigenvalue weighted by atomic mass is 10.1. The van der Waals surface area contributed by atoms with E-state index in [4.69, 9.17) is 21.0 Å². The number of nitrogens with one attached hydrogen (secondary N) is 1. The molecule has 2 aromatic carbocycles. The molecule has 0 radical (unpaired) electrons. The third kappa shape index (κ3) is 4.01. The van der Waals surface area contributed by atoms with Crippen LogP contribution in [0.15, 0.2) is 59.2 Å². The standard InChI is InChI=1S/C20H19N3O4S/c1-27-16-10-23(14-6-2-13(3-7-14)19(21)22)20(26)18(16)12-4-8-15(9-5-12)28-11-17(24)25/h2-9H,10-11H2,1H3,(H3,21,22)(H,24,25). The molecule has 4 N–H and O–H groups in total. The Hall–Kier alpha value is -3.26. The fourth-order valence-electron chi connectivity index (χ4n) is 2.89. The number of nitrogen functional groups attached to an aromatic ring is 1. The van der Waals surface area contributed by atoms with Crippen LogP contribution >= 0.6 is 11.8 Å². The Labute approximate surface area is 166 Å². The Morgan fingerprint density at radius 1 is 1.21 bits per heavy atom. The first-order valence-electron chi connectivity index (χ1n) is 8.39. The second-order valence-electron chi connectivity index (χ2n) is 6.06. The van der Waals surface area contributed by atoms with Crippen LogP contribution < -0.4 is 10.6 Å². The molecule has 0 spiro atoms. The number of anilines is 1. The zero-order chi connectivity index (χ0) is 20.3. The van der Waals surface area contributed by atoms with Gasteiger partial charge in [-0.2, -0.15) is 0 Å². The molecule has 0 atom stereocenters. The molecule has 8 heteroatoms. The maximum absolute atomic E-state index is 13.0. The van der Waals surface area contributed by atoms with Gasteiger partial charge in [-0.1, -0.05) is 12.1 Å². The molecule has 0 aliphatic carbocycles. The second-order valence-corrected chi connectivity index (χ2v) is 7.11. The number of nitrogens with two attached hydrogens (primary N) is 1. The zero-order valence-corrected chi connectivity index (χ0v) is 16.0. The summed E-state index contributed by atoms with van der Waals surface area (Å²) in [4.78, 5) is 26.1.